The molecule has 5 N–H and O–H groups in total. The predicted octanol–water partition coefficient (Wildman–Crippen LogP) is 2.60. The maximum Gasteiger partial charge on any atom is 0.287 e. The molecule has 30 heavy (non-hydrogen) atoms. The van der Waals surface area contributed by atoms with E-state index in [4.69, 9.17) is 10.2 Å². The number of likely N-dealkylation sites (tertiary alicyclic amines) is 1. The first-order valence-corrected chi connectivity index (χ1v) is 9.76. The van der Waals surface area contributed by atoms with Gasteiger partial charge < -0.3 is 30.8 Å². The largest absolute Gasteiger partial charge is 0.506 e. The van der Waals surface area contributed by atoms with Gasteiger partial charge in [-0.25, -0.2) is 0 Å². The molecule has 1 saturated heterocycles. The molecule has 8 heteroatoms. The SMILES string of the molecule is C=CC(=O)N1CC(NC(=O)c2ccc(CNc3cc(C(C)(C)C)c(N)cc3O)o2)C1. The van der Waals surface area contributed by atoms with Crippen LogP contribution in [-0.2, 0) is 16.8 Å². The van der Waals surface area contributed by atoms with Crippen LogP contribution >= 0.6 is 0 Å². The minimum absolute atomic E-state index is 0.0497. The fraction of sp³-hybridized carbons (Fsp3) is 0.364. The standard InChI is InChI=1S/C22H28N4O4/c1-5-20(28)26-11-13(12-26)25-21(29)19-7-6-14(30-19)10-24-17-8-15(22(2,3)4)16(23)9-18(17)27/h5-9,13,24,27H,1,10-12,23H2,2-4H3,(H,25,29). The highest BCUT2D eigenvalue weighted by Gasteiger charge is 2.31. The molecule has 1 aromatic heterocycles. The number of amides is 2. The minimum Gasteiger partial charge on any atom is -0.506 e. The number of nitrogens with zero attached hydrogens (tertiary/aromatic N) is 1. The molecule has 8 nitrogen and oxygen atoms in total. The first-order chi connectivity index (χ1) is 14.1. The van der Waals surface area contributed by atoms with Gasteiger partial charge in [0, 0.05) is 24.8 Å². The van der Waals surface area contributed by atoms with E-state index in [-0.39, 0.29) is 34.8 Å². The zero-order valence-corrected chi connectivity index (χ0v) is 17.5. The molecule has 0 radical (unpaired) electrons. The van der Waals surface area contributed by atoms with Gasteiger partial charge in [0.1, 0.15) is 11.5 Å². The number of benzene rings is 1. The van der Waals surface area contributed by atoms with E-state index >= 15 is 0 Å². The van der Waals surface area contributed by atoms with Crippen molar-refractivity contribution in [2.45, 2.75) is 38.8 Å². The molecule has 3 rings (SSSR count). The van der Waals surface area contributed by atoms with Crippen molar-refractivity contribution in [2.24, 2.45) is 0 Å². The van der Waals surface area contributed by atoms with Crippen LogP contribution < -0.4 is 16.4 Å². The summed E-state index contributed by atoms with van der Waals surface area (Å²) in [6.07, 6.45) is 1.26. The van der Waals surface area contributed by atoms with Crippen LogP contribution in [0.15, 0.2) is 41.3 Å². The van der Waals surface area contributed by atoms with Gasteiger partial charge in [0.15, 0.2) is 5.76 Å². The zero-order chi connectivity index (χ0) is 22.1. The predicted molar refractivity (Wildman–Crippen MR) is 115 cm³/mol. The summed E-state index contributed by atoms with van der Waals surface area (Å²) in [6, 6.07) is 6.56. The summed E-state index contributed by atoms with van der Waals surface area (Å²) in [6.45, 7) is 10.8. The number of nitrogen functional groups attached to an aromatic ring is 1. The summed E-state index contributed by atoms with van der Waals surface area (Å²) in [5, 5.41) is 16.2. The lowest BCUT2D eigenvalue weighted by molar-refractivity contribution is -0.130. The highest BCUT2D eigenvalue weighted by Crippen LogP contribution is 2.36. The molecule has 0 bridgehead atoms. The fourth-order valence-corrected chi connectivity index (χ4v) is 3.31. The average Bonchev–Trinajstić information content (AvgIpc) is 3.11. The van der Waals surface area contributed by atoms with Crippen molar-refractivity contribution in [3.05, 3.63) is 54.0 Å². The second-order valence-electron chi connectivity index (χ2n) is 8.44. The van der Waals surface area contributed by atoms with Gasteiger partial charge in [-0.15, -0.1) is 0 Å². The van der Waals surface area contributed by atoms with Crippen molar-refractivity contribution in [2.75, 3.05) is 24.1 Å². The number of nitrogens with two attached hydrogens (primary N) is 1. The third-order valence-corrected chi connectivity index (χ3v) is 5.02. The number of anilines is 2. The molecule has 1 aliphatic heterocycles. The highest BCUT2D eigenvalue weighted by molar-refractivity contribution is 5.92. The van der Waals surface area contributed by atoms with E-state index in [9.17, 15) is 14.7 Å². The Labute approximate surface area is 175 Å². The molecule has 0 aliphatic carbocycles. The maximum absolute atomic E-state index is 12.3. The van der Waals surface area contributed by atoms with E-state index in [1.54, 1.807) is 17.0 Å². The lowest BCUT2D eigenvalue weighted by atomic mass is 9.85. The lowest BCUT2D eigenvalue weighted by Crippen LogP contribution is -2.60. The number of carbonyl (C=O) groups is 2. The van der Waals surface area contributed by atoms with Crippen molar-refractivity contribution >= 4 is 23.2 Å². The molecule has 2 heterocycles. The Bertz CT molecular complexity index is 968. The number of nitrogens with one attached hydrogen (secondary N) is 2. The van der Waals surface area contributed by atoms with E-state index in [1.165, 1.54) is 12.1 Å². The van der Waals surface area contributed by atoms with Crippen molar-refractivity contribution in [1.29, 1.82) is 0 Å². The average molecular weight is 412 g/mol. The normalized spacial score (nSPS) is 14.2. The molecule has 0 atom stereocenters. The lowest BCUT2D eigenvalue weighted by Gasteiger charge is -2.38. The number of aromatic hydroxyl groups is 1. The molecule has 0 saturated carbocycles. The monoisotopic (exact) mass is 412 g/mol. The second-order valence-corrected chi connectivity index (χ2v) is 8.44. The summed E-state index contributed by atoms with van der Waals surface area (Å²) >= 11 is 0. The van der Waals surface area contributed by atoms with Gasteiger partial charge in [0.2, 0.25) is 5.91 Å². The van der Waals surface area contributed by atoms with Gasteiger partial charge in [0.05, 0.1) is 18.3 Å². The Morgan fingerprint density at radius 1 is 1.33 bits per heavy atom. The van der Waals surface area contributed by atoms with Gasteiger partial charge in [-0.1, -0.05) is 27.4 Å². The maximum atomic E-state index is 12.3. The van der Waals surface area contributed by atoms with E-state index < -0.39 is 0 Å². The van der Waals surface area contributed by atoms with Crippen molar-refractivity contribution in [1.82, 2.24) is 10.2 Å². The van der Waals surface area contributed by atoms with E-state index in [2.05, 4.69) is 17.2 Å². The first kappa shape index (κ1) is 21.3. The quantitative estimate of drug-likeness (QED) is 0.329. The van der Waals surface area contributed by atoms with Crippen LogP contribution in [0, 0.1) is 0 Å². The Balaban J connectivity index is 1.58. The third kappa shape index (κ3) is 4.59. The molecule has 0 unspecified atom stereocenters. The van der Waals surface area contributed by atoms with E-state index in [1.807, 2.05) is 26.8 Å². The van der Waals surface area contributed by atoms with E-state index in [0.717, 1.165) is 5.56 Å². The molecule has 1 fully saturated rings. The Morgan fingerprint density at radius 2 is 2.03 bits per heavy atom. The topological polar surface area (TPSA) is 121 Å². The number of hydrogen-bond donors (Lipinski definition) is 4. The van der Waals surface area contributed by atoms with Gasteiger partial charge in [0.25, 0.3) is 5.91 Å². The number of hydrogen-bond acceptors (Lipinski definition) is 6. The molecule has 0 spiro atoms. The van der Waals surface area contributed by atoms with Gasteiger partial charge in [-0.2, -0.15) is 0 Å². The van der Waals surface area contributed by atoms with Crippen LogP contribution in [0.2, 0.25) is 0 Å². The molecular weight excluding hydrogens is 384 g/mol. The van der Waals surface area contributed by atoms with Crippen LogP contribution in [0.4, 0.5) is 11.4 Å². The molecule has 1 aromatic carbocycles. The third-order valence-electron chi connectivity index (χ3n) is 5.02. The summed E-state index contributed by atoms with van der Waals surface area (Å²) in [5.74, 6) is 0.311. The Hall–Kier alpha value is -3.42. The van der Waals surface area contributed by atoms with Gasteiger partial charge in [-0.3, -0.25) is 9.59 Å². The van der Waals surface area contributed by atoms with E-state index in [0.29, 0.717) is 36.8 Å². The van der Waals surface area contributed by atoms with Crippen LogP contribution in [-0.4, -0.2) is 41.0 Å². The zero-order valence-electron chi connectivity index (χ0n) is 17.5. The molecule has 2 amide bonds. The Kier molecular flexibility index (Phi) is 5.78. The molecular formula is C22H28N4O4. The summed E-state index contributed by atoms with van der Waals surface area (Å²) in [4.78, 5) is 25.4. The number of furan rings is 1. The van der Waals surface area contributed by atoms with Crippen molar-refractivity contribution in [3.8, 4) is 5.75 Å². The molecule has 160 valence electrons. The van der Waals surface area contributed by atoms with Gasteiger partial charge in [-0.05, 0) is 35.3 Å². The van der Waals surface area contributed by atoms with Crippen molar-refractivity contribution in [3.63, 3.8) is 0 Å². The van der Waals surface area contributed by atoms with Crippen LogP contribution in [0.3, 0.4) is 0 Å². The molecule has 2 aromatic rings. The first-order valence-electron chi connectivity index (χ1n) is 9.76. The summed E-state index contributed by atoms with van der Waals surface area (Å²) in [7, 11) is 0. The highest BCUT2D eigenvalue weighted by atomic mass is 16.4. The number of carbonyl (C=O) groups excluding carboxylic acids is 2. The van der Waals surface area contributed by atoms with Gasteiger partial charge >= 0.3 is 0 Å². The Morgan fingerprint density at radius 3 is 2.67 bits per heavy atom. The number of phenols is 1. The minimum atomic E-state index is -0.331. The second kappa shape index (κ2) is 8.14. The summed E-state index contributed by atoms with van der Waals surface area (Å²) in [5.41, 5.74) is 7.86. The number of rotatable bonds is 6. The summed E-state index contributed by atoms with van der Waals surface area (Å²) < 4.78 is 5.62. The smallest absolute Gasteiger partial charge is 0.287 e. The fourth-order valence-electron chi connectivity index (χ4n) is 3.31. The van der Waals surface area contributed by atoms with Crippen molar-refractivity contribution < 1.29 is 19.1 Å². The molecule has 1 aliphatic rings. The van der Waals surface area contributed by atoms with Crippen LogP contribution in [0.5, 0.6) is 5.75 Å². The van der Waals surface area contributed by atoms with Crippen LogP contribution in [0.1, 0.15) is 42.6 Å². The number of phenolic OH excluding ortho intramolecular Hbond substituents is 1. The van der Waals surface area contributed by atoms with Crippen LogP contribution in [0.25, 0.3) is 0 Å².